The summed E-state index contributed by atoms with van der Waals surface area (Å²) >= 11 is 13.5. The fraction of sp³-hybridized carbons (Fsp3) is 0.118. The van der Waals surface area contributed by atoms with Crippen LogP contribution in [-0.2, 0) is 10.5 Å². The highest BCUT2D eigenvalue weighted by Crippen LogP contribution is 2.30. The van der Waals surface area contributed by atoms with Gasteiger partial charge in [-0.25, -0.2) is 9.47 Å². The predicted molar refractivity (Wildman–Crippen MR) is 103 cm³/mol. The van der Waals surface area contributed by atoms with Crippen LogP contribution in [0.2, 0.25) is 10.0 Å². The lowest BCUT2D eigenvalue weighted by Gasteiger charge is -2.06. The molecule has 0 saturated heterocycles. The van der Waals surface area contributed by atoms with Crippen LogP contribution in [0.15, 0.2) is 47.6 Å². The average molecular weight is 409 g/mol. The molecule has 0 aliphatic rings. The number of thioether (sulfide) groups is 1. The van der Waals surface area contributed by atoms with Crippen LogP contribution in [0.4, 0.5) is 0 Å². The van der Waals surface area contributed by atoms with Crippen molar-refractivity contribution >= 4 is 40.9 Å². The molecule has 6 nitrogen and oxygen atoms in total. The zero-order chi connectivity index (χ0) is 18.7. The van der Waals surface area contributed by atoms with Crippen LogP contribution in [0, 0.1) is 0 Å². The van der Waals surface area contributed by atoms with Gasteiger partial charge >= 0.3 is 5.97 Å². The molecule has 3 rings (SSSR count). The van der Waals surface area contributed by atoms with Gasteiger partial charge in [0, 0.05) is 16.3 Å². The minimum absolute atomic E-state index is 0.365. The lowest BCUT2D eigenvalue weighted by Crippen LogP contribution is -2.11. The highest BCUT2D eigenvalue weighted by Gasteiger charge is 2.15. The zero-order valence-corrected chi connectivity index (χ0v) is 16.0. The Hall–Kier alpha value is -2.22. The van der Waals surface area contributed by atoms with E-state index in [1.807, 2.05) is 12.1 Å². The molecular weight excluding hydrogens is 395 g/mol. The molecule has 134 valence electrons. The predicted octanol–water partition coefficient (Wildman–Crippen LogP) is 4.04. The molecule has 0 fully saturated rings. The average Bonchev–Trinajstić information content (AvgIpc) is 3.00. The molecule has 0 aliphatic heterocycles. The molecular formula is C17H14Cl2N4O2S. The minimum Gasteiger partial charge on any atom is -0.465 e. The number of methoxy groups -OCH3 is 1. The maximum absolute atomic E-state index is 11.5. The van der Waals surface area contributed by atoms with Crippen molar-refractivity contribution in [3.63, 3.8) is 0 Å². The number of aromatic nitrogens is 3. The van der Waals surface area contributed by atoms with Crippen LogP contribution in [-0.4, -0.2) is 28.0 Å². The number of halogens is 2. The maximum Gasteiger partial charge on any atom is 0.337 e. The molecule has 2 aromatic carbocycles. The lowest BCUT2D eigenvalue weighted by atomic mass is 10.1. The second kappa shape index (κ2) is 7.99. The Labute approximate surface area is 164 Å². The SMILES string of the molecule is COC(=O)c1ccc(CSc2nnc(-c3ccc(Cl)cc3Cl)n2N)cc1. The second-order valence-corrected chi connectivity index (χ2v) is 7.06. The third-order valence-electron chi connectivity index (χ3n) is 3.58. The van der Waals surface area contributed by atoms with Crippen molar-refractivity contribution in [2.75, 3.05) is 13.0 Å². The van der Waals surface area contributed by atoms with Crippen molar-refractivity contribution in [1.29, 1.82) is 0 Å². The van der Waals surface area contributed by atoms with Crippen molar-refractivity contribution in [2.45, 2.75) is 10.9 Å². The number of ether oxygens (including phenoxy) is 1. The summed E-state index contributed by atoms with van der Waals surface area (Å²) < 4.78 is 6.07. The van der Waals surface area contributed by atoms with Gasteiger partial charge in [-0.2, -0.15) is 0 Å². The van der Waals surface area contributed by atoms with Gasteiger partial charge in [0.1, 0.15) is 0 Å². The normalized spacial score (nSPS) is 10.7. The number of hydrogen-bond acceptors (Lipinski definition) is 6. The van der Waals surface area contributed by atoms with Gasteiger partial charge in [-0.15, -0.1) is 10.2 Å². The van der Waals surface area contributed by atoms with E-state index in [1.165, 1.54) is 23.5 Å². The quantitative estimate of drug-likeness (QED) is 0.389. The van der Waals surface area contributed by atoms with Crippen LogP contribution in [0.5, 0.6) is 0 Å². The Balaban J connectivity index is 1.73. The second-order valence-electron chi connectivity index (χ2n) is 5.28. The molecule has 0 aliphatic carbocycles. The summed E-state index contributed by atoms with van der Waals surface area (Å²) in [4.78, 5) is 11.5. The van der Waals surface area contributed by atoms with Crippen LogP contribution in [0.3, 0.4) is 0 Å². The highest BCUT2D eigenvalue weighted by atomic mass is 35.5. The van der Waals surface area contributed by atoms with Gasteiger partial charge in [0.15, 0.2) is 5.82 Å². The Morgan fingerprint density at radius 1 is 1.19 bits per heavy atom. The summed E-state index contributed by atoms with van der Waals surface area (Å²) in [6.45, 7) is 0. The van der Waals surface area contributed by atoms with Crippen molar-refractivity contribution in [1.82, 2.24) is 14.9 Å². The smallest absolute Gasteiger partial charge is 0.337 e. The molecule has 1 heterocycles. The topological polar surface area (TPSA) is 83.0 Å². The van der Waals surface area contributed by atoms with Gasteiger partial charge < -0.3 is 10.6 Å². The van der Waals surface area contributed by atoms with Gasteiger partial charge in [-0.05, 0) is 35.9 Å². The lowest BCUT2D eigenvalue weighted by molar-refractivity contribution is 0.0600. The monoisotopic (exact) mass is 408 g/mol. The van der Waals surface area contributed by atoms with Gasteiger partial charge in [0.25, 0.3) is 0 Å². The third kappa shape index (κ3) is 3.95. The van der Waals surface area contributed by atoms with Crippen LogP contribution >= 0.6 is 35.0 Å². The van der Waals surface area contributed by atoms with Crippen molar-refractivity contribution < 1.29 is 9.53 Å². The van der Waals surface area contributed by atoms with Gasteiger partial charge in [0.05, 0.1) is 17.7 Å². The van der Waals surface area contributed by atoms with E-state index in [0.29, 0.717) is 37.9 Å². The summed E-state index contributed by atoms with van der Waals surface area (Å²) in [7, 11) is 1.35. The fourth-order valence-corrected chi connectivity index (χ4v) is 3.54. The number of nitrogens with two attached hydrogens (primary N) is 1. The Bertz CT molecular complexity index is 944. The van der Waals surface area contributed by atoms with Gasteiger partial charge in [-0.3, -0.25) is 0 Å². The van der Waals surface area contributed by atoms with Crippen LogP contribution < -0.4 is 5.84 Å². The molecule has 0 atom stereocenters. The van der Waals surface area contributed by atoms with Gasteiger partial charge in [-0.1, -0.05) is 47.1 Å². The standard InChI is InChI=1S/C17H14Cl2N4O2S/c1-25-16(24)11-4-2-10(3-5-11)9-26-17-22-21-15(23(17)20)13-7-6-12(18)8-14(13)19/h2-8H,9,20H2,1H3. The number of esters is 1. The highest BCUT2D eigenvalue weighted by molar-refractivity contribution is 7.98. The molecule has 9 heteroatoms. The third-order valence-corrected chi connectivity index (χ3v) is 5.14. The van der Waals surface area contributed by atoms with E-state index in [-0.39, 0.29) is 5.97 Å². The molecule has 0 unspecified atom stereocenters. The van der Waals surface area contributed by atoms with Crippen molar-refractivity contribution in [3.05, 3.63) is 63.6 Å². The van der Waals surface area contributed by atoms with Gasteiger partial charge in [0.2, 0.25) is 5.16 Å². The first-order valence-corrected chi connectivity index (χ1v) is 9.19. The molecule has 0 amide bonds. The Morgan fingerprint density at radius 3 is 2.58 bits per heavy atom. The number of carbonyl (C=O) groups excluding carboxylic acids is 1. The first kappa shape index (κ1) is 18.6. The van der Waals surface area contributed by atoms with E-state index in [2.05, 4.69) is 14.9 Å². The summed E-state index contributed by atoms with van der Waals surface area (Å²) in [5, 5.41) is 9.76. The van der Waals surface area contributed by atoms with E-state index in [1.54, 1.807) is 30.3 Å². The summed E-state index contributed by atoms with van der Waals surface area (Å²) in [5.41, 5.74) is 2.17. The molecule has 0 spiro atoms. The largest absolute Gasteiger partial charge is 0.465 e. The molecule has 0 bridgehead atoms. The maximum atomic E-state index is 11.5. The van der Waals surface area contributed by atoms with E-state index in [0.717, 1.165) is 5.56 Å². The number of carbonyl (C=O) groups is 1. The fourth-order valence-electron chi connectivity index (χ4n) is 2.23. The van der Waals surface area contributed by atoms with Crippen LogP contribution in [0.25, 0.3) is 11.4 Å². The molecule has 1 aromatic heterocycles. The number of hydrogen-bond donors (Lipinski definition) is 1. The number of nitrogens with zero attached hydrogens (tertiary/aromatic N) is 3. The molecule has 26 heavy (non-hydrogen) atoms. The van der Waals surface area contributed by atoms with E-state index < -0.39 is 0 Å². The van der Waals surface area contributed by atoms with E-state index >= 15 is 0 Å². The molecule has 0 radical (unpaired) electrons. The van der Waals surface area contributed by atoms with Crippen molar-refractivity contribution in [2.24, 2.45) is 0 Å². The summed E-state index contributed by atoms with van der Waals surface area (Å²) in [6.07, 6.45) is 0. The molecule has 2 N–H and O–H groups in total. The first-order chi connectivity index (χ1) is 12.5. The van der Waals surface area contributed by atoms with E-state index in [9.17, 15) is 4.79 Å². The van der Waals surface area contributed by atoms with E-state index in [4.69, 9.17) is 29.0 Å². The first-order valence-electron chi connectivity index (χ1n) is 7.45. The summed E-state index contributed by atoms with van der Waals surface area (Å²) in [5.74, 6) is 6.81. The summed E-state index contributed by atoms with van der Waals surface area (Å²) in [6, 6.07) is 12.2. The number of nitrogen functional groups attached to an aromatic ring is 1. The molecule has 3 aromatic rings. The number of benzene rings is 2. The molecule has 0 saturated carbocycles. The minimum atomic E-state index is -0.365. The Kier molecular flexibility index (Phi) is 5.70. The Morgan fingerprint density at radius 2 is 1.92 bits per heavy atom. The van der Waals surface area contributed by atoms with Crippen LogP contribution in [0.1, 0.15) is 15.9 Å². The number of rotatable bonds is 5. The van der Waals surface area contributed by atoms with Crippen molar-refractivity contribution in [3.8, 4) is 11.4 Å². The zero-order valence-electron chi connectivity index (χ0n) is 13.6.